The van der Waals surface area contributed by atoms with E-state index in [1.807, 2.05) is 30.5 Å². The Morgan fingerprint density at radius 3 is 2.79 bits per heavy atom. The van der Waals surface area contributed by atoms with E-state index in [2.05, 4.69) is 20.6 Å². The molecule has 1 fully saturated rings. The summed E-state index contributed by atoms with van der Waals surface area (Å²) in [5.74, 6) is -0.597. The third-order valence-electron chi connectivity index (χ3n) is 5.11. The van der Waals surface area contributed by atoms with Gasteiger partial charge < -0.3 is 20.7 Å². The van der Waals surface area contributed by atoms with Crippen LogP contribution in [0.5, 0.6) is 0 Å². The van der Waals surface area contributed by atoms with Crippen molar-refractivity contribution in [3.05, 3.63) is 65.1 Å². The molecule has 0 spiro atoms. The molecule has 0 bridgehead atoms. The van der Waals surface area contributed by atoms with Crippen LogP contribution in [-0.4, -0.2) is 46.1 Å². The first-order valence-corrected chi connectivity index (χ1v) is 9.30. The zero-order chi connectivity index (χ0) is 19.7. The number of hydrogen-bond donors (Lipinski definition) is 4. The number of hydrogen-bond acceptors (Lipinski definition) is 4. The Hall–Kier alpha value is -3.19. The van der Waals surface area contributed by atoms with Gasteiger partial charge in [0, 0.05) is 47.9 Å². The maximum absolute atomic E-state index is 12.6. The van der Waals surface area contributed by atoms with Gasteiger partial charge in [0.1, 0.15) is 5.69 Å². The summed E-state index contributed by atoms with van der Waals surface area (Å²) in [6, 6.07) is 11.2. The van der Waals surface area contributed by atoms with Gasteiger partial charge in [0.05, 0.1) is 6.10 Å². The summed E-state index contributed by atoms with van der Waals surface area (Å²) in [4.78, 5) is 32.4. The van der Waals surface area contributed by atoms with E-state index in [9.17, 15) is 14.7 Å². The summed E-state index contributed by atoms with van der Waals surface area (Å²) in [7, 11) is 1.53. The Kier molecular flexibility index (Phi) is 4.83. The molecular weight excluding hydrogens is 356 g/mol. The van der Waals surface area contributed by atoms with E-state index in [1.54, 1.807) is 6.07 Å². The van der Waals surface area contributed by atoms with Gasteiger partial charge in [0.25, 0.3) is 11.8 Å². The highest BCUT2D eigenvalue weighted by Crippen LogP contribution is 2.22. The Labute approximate surface area is 162 Å². The SMILES string of the molecule is CNC(=O)c1cc(C(=O)NC2CC(O)C2)cc(Cc2cccc3[nH]ccc23)n1. The minimum atomic E-state index is -0.346. The van der Waals surface area contributed by atoms with Crippen molar-refractivity contribution in [2.45, 2.75) is 31.4 Å². The first-order valence-electron chi connectivity index (χ1n) is 9.30. The highest BCUT2D eigenvalue weighted by molar-refractivity contribution is 5.98. The van der Waals surface area contributed by atoms with E-state index in [4.69, 9.17) is 0 Å². The van der Waals surface area contributed by atoms with Gasteiger partial charge in [-0.25, -0.2) is 4.98 Å². The number of nitrogens with one attached hydrogen (secondary N) is 3. The number of aliphatic hydroxyl groups excluding tert-OH is 1. The van der Waals surface area contributed by atoms with Crippen LogP contribution < -0.4 is 10.6 Å². The van der Waals surface area contributed by atoms with Crippen molar-refractivity contribution in [2.75, 3.05) is 7.05 Å². The van der Waals surface area contributed by atoms with E-state index in [-0.39, 0.29) is 29.7 Å². The second kappa shape index (κ2) is 7.44. The van der Waals surface area contributed by atoms with Crippen molar-refractivity contribution in [2.24, 2.45) is 0 Å². The van der Waals surface area contributed by atoms with Crippen LogP contribution in [0.1, 0.15) is 44.9 Å². The normalized spacial score (nSPS) is 18.5. The quantitative estimate of drug-likeness (QED) is 0.543. The molecule has 144 valence electrons. The maximum atomic E-state index is 12.6. The van der Waals surface area contributed by atoms with Crippen LogP contribution >= 0.6 is 0 Å². The lowest BCUT2D eigenvalue weighted by Crippen LogP contribution is -2.46. The molecule has 3 aromatic rings. The van der Waals surface area contributed by atoms with Crippen molar-refractivity contribution >= 4 is 22.7 Å². The standard InChI is InChI=1S/C21H22N4O3/c1-22-21(28)19-9-13(20(27)25-15-10-16(26)11-15)8-14(24-19)7-12-3-2-4-18-17(12)5-6-23-18/h2-6,8-9,15-16,23,26H,7,10-11H2,1H3,(H,22,28)(H,25,27). The second-order valence-corrected chi connectivity index (χ2v) is 7.14. The topological polar surface area (TPSA) is 107 Å². The highest BCUT2D eigenvalue weighted by atomic mass is 16.3. The third kappa shape index (κ3) is 3.61. The van der Waals surface area contributed by atoms with Gasteiger partial charge in [-0.3, -0.25) is 9.59 Å². The number of fused-ring (bicyclic) bond motifs is 1. The average molecular weight is 378 g/mol. The number of H-pyrrole nitrogens is 1. The zero-order valence-electron chi connectivity index (χ0n) is 15.5. The van der Waals surface area contributed by atoms with Gasteiger partial charge in [0.2, 0.25) is 0 Å². The fourth-order valence-electron chi connectivity index (χ4n) is 3.53. The molecule has 4 N–H and O–H groups in total. The monoisotopic (exact) mass is 378 g/mol. The van der Waals surface area contributed by atoms with Gasteiger partial charge >= 0.3 is 0 Å². The van der Waals surface area contributed by atoms with E-state index in [1.165, 1.54) is 13.1 Å². The summed E-state index contributed by atoms with van der Waals surface area (Å²) in [6.07, 6.45) is 3.15. The first kappa shape index (κ1) is 18.2. The Morgan fingerprint density at radius 1 is 1.21 bits per heavy atom. The van der Waals surface area contributed by atoms with Gasteiger partial charge in [0.15, 0.2) is 0 Å². The van der Waals surface area contributed by atoms with Crippen molar-refractivity contribution in [1.29, 1.82) is 0 Å². The van der Waals surface area contributed by atoms with Crippen molar-refractivity contribution in [3.63, 3.8) is 0 Å². The van der Waals surface area contributed by atoms with Crippen LogP contribution in [0.4, 0.5) is 0 Å². The van der Waals surface area contributed by atoms with Crippen LogP contribution in [0, 0.1) is 0 Å². The molecule has 0 unspecified atom stereocenters. The van der Waals surface area contributed by atoms with Crippen LogP contribution in [0.15, 0.2) is 42.6 Å². The van der Waals surface area contributed by atoms with Gasteiger partial charge in [-0.05, 0) is 42.7 Å². The molecule has 0 atom stereocenters. The number of amides is 2. The minimum Gasteiger partial charge on any atom is -0.393 e. The molecule has 7 nitrogen and oxygen atoms in total. The van der Waals surface area contributed by atoms with E-state index in [0.717, 1.165) is 16.5 Å². The first-order chi connectivity index (χ1) is 13.5. The Bertz CT molecular complexity index is 1040. The van der Waals surface area contributed by atoms with Gasteiger partial charge in [-0.2, -0.15) is 0 Å². The molecule has 2 amide bonds. The zero-order valence-corrected chi connectivity index (χ0v) is 15.5. The van der Waals surface area contributed by atoms with Crippen LogP contribution in [-0.2, 0) is 6.42 Å². The molecule has 2 aromatic heterocycles. The predicted molar refractivity (Wildman–Crippen MR) is 105 cm³/mol. The van der Waals surface area contributed by atoms with Gasteiger partial charge in [-0.15, -0.1) is 0 Å². The fourth-order valence-corrected chi connectivity index (χ4v) is 3.53. The Morgan fingerprint density at radius 2 is 2.04 bits per heavy atom. The van der Waals surface area contributed by atoms with Crippen LogP contribution in [0.2, 0.25) is 0 Å². The molecule has 0 aliphatic heterocycles. The Balaban J connectivity index is 1.65. The number of carbonyl (C=O) groups is 2. The molecule has 28 heavy (non-hydrogen) atoms. The molecule has 1 saturated carbocycles. The summed E-state index contributed by atoms with van der Waals surface area (Å²) in [6.45, 7) is 0. The summed E-state index contributed by atoms with van der Waals surface area (Å²) in [5, 5.41) is 16.0. The van der Waals surface area contributed by atoms with Gasteiger partial charge in [-0.1, -0.05) is 12.1 Å². The largest absolute Gasteiger partial charge is 0.393 e. The fraction of sp³-hybridized carbons (Fsp3) is 0.286. The third-order valence-corrected chi connectivity index (χ3v) is 5.11. The van der Waals surface area contributed by atoms with Crippen LogP contribution in [0.25, 0.3) is 10.9 Å². The number of rotatable bonds is 5. The molecule has 7 heteroatoms. The maximum Gasteiger partial charge on any atom is 0.269 e. The molecule has 0 saturated heterocycles. The van der Waals surface area contributed by atoms with E-state index >= 15 is 0 Å². The van der Waals surface area contributed by atoms with Crippen molar-refractivity contribution in [3.8, 4) is 0 Å². The van der Waals surface area contributed by atoms with Crippen LogP contribution in [0.3, 0.4) is 0 Å². The molecule has 2 heterocycles. The number of aromatic nitrogens is 2. The summed E-state index contributed by atoms with van der Waals surface area (Å²) < 4.78 is 0. The number of pyridine rings is 1. The number of aliphatic hydroxyl groups is 1. The van der Waals surface area contributed by atoms with Crippen molar-refractivity contribution in [1.82, 2.24) is 20.6 Å². The summed E-state index contributed by atoms with van der Waals surface area (Å²) >= 11 is 0. The predicted octanol–water partition coefficient (Wildman–Crippen LogP) is 1.77. The lowest BCUT2D eigenvalue weighted by atomic mass is 9.89. The molecule has 1 aliphatic rings. The summed E-state index contributed by atoms with van der Waals surface area (Å²) in [5.41, 5.74) is 3.34. The number of carbonyl (C=O) groups excluding carboxylic acids is 2. The molecule has 4 rings (SSSR count). The minimum absolute atomic E-state index is 0.0313. The molecular formula is C21H22N4O3. The molecule has 0 radical (unpaired) electrons. The lowest BCUT2D eigenvalue weighted by Gasteiger charge is -2.32. The molecule has 1 aromatic carbocycles. The number of nitrogens with zero attached hydrogens (tertiary/aromatic N) is 1. The highest BCUT2D eigenvalue weighted by Gasteiger charge is 2.29. The number of aromatic amines is 1. The van der Waals surface area contributed by atoms with E-state index in [0.29, 0.717) is 30.5 Å². The number of benzene rings is 1. The van der Waals surface area contributed by atoms with Crippen molar-refractivity contribution < 1.29 is 14.7 Å². The molecule has 1 aliphatic carbocycles. The smallest absolute Gasteiger partial charge is 0.269 e. The second-order valence-electron chi connectivity index (χ2n) is 7.14. The lowest BCUT2D eigenvalue weighted by molar-refractivity contribution is 0.0562. The average Bonchev–Trinajstić information content (AvgIpc) is 3.15. The van der Waals surface area contributed by atoms with E-state index < -0.39 is 0 Å².